The lowest BCUT2D eigenvalue weighted by atomic mass is 9.96. The van der Waals surface area contributed by atoms with Gasteiger partial charge in [0, 0.05) is 5.56 Å². The molecule has 0 aliphatic carbocycles. The van der Waals surface area contributed by atoms with Crippen molar-refractivity contribution in [2.75, 3.05) is 14.2 Å². The second kappa shape index (κ2) is 6.24. The van der Waals surface area contributed by atoms with Crippen LogP contribution in [-0.4, -0.2) is 20.0 Å². The van der Waals surface area contributed by atoms with Gasteiger partial charge in [0.1, 0.15) is 11.5 Å². The number of aryl methyl sites for hydroxylation is 1. The molecule has 3 heteroatoms. The van der Waals surface area contributed by atoms with E-state index in [0.29, 0.717) is 22.6 Å². The number of carbonyl (C=O) groups is 1. The van der Waals surface area contributed by atoms with E-state index in [2.05, 4.69) is 0 Å². The van der Waals surface area contributed by atoms with E-state index in [9.17, 15) is 4.79 Å². The van der Waals surface area contributed by atoms with Crippen LogP contribution in [-0.2, 0) is 6.42 Å². The van der Waals surface area contributed by atoms with Crippen molar-refractivity contribution in [2.24, 2.45) is 0 Å². The summed E-state index contributed by atoms with van der Waals surface area (Å²) >= 11 is 0. The number of hydrogen-bond donors (Lipinski definition) is 0. The molecule has 0 saturated carbocycles. The van der Waals surface area contributed by atoms with Crippen LogP contribution in [0.5, 0.6) is 11.5 Å². The molecule has 2 aromatic carbocycles. The number of benzene rings is 2. The molecular formula is C17H18O3. The maximum atomic E-state index is 12.7. The molecule has 0 unspecified atom stereocenters. The van der Waals surface area contributed by atoms with Gasteiger partial charge in [0.2, 0.25) is 0 Å². The molecule has 0 amide bonds. The summed E-state index contributed by atoms with van der Waals surface area (Å²) in [5.41, 5.74) is 2.26. The van der Waals surface area contributed by atoms with Gasteiger partial charge in [0.25, 0.3) is 0 Å². The fourth-order valence-electron chi connectivity index (χ4n) is 2.19. The molecule has 0 aromatic heterocycles. The summed E-state index contributed by atoms with van der Waals surface area (Å²) in [5.74, 6) is 1.16. The third-order valence-corrected chi connectivity index (χ3v) is 3.29. The summed E-state index contributed by atoms with van der Waals surface area (Å²) in [6.07, 6.45) is 0.814. The Kier molecular flexibility index (Phi) is 4.41. The van der Waals surface area contributed by atoms with Crippen LogP contribution in [0.2, 0.25) is 0 Å². The Morgan fingerprint density at radius 3 is 2.40 bits per heavy atom. The predicted molar refractivity (Wildman–Crippen MR) is 78.8 cm³/mol. The highest BCUT2D eigenvalue weighted by molar-refractivity contribution is 6.11. The highest BCUT2D eigenvalue weighted by Gasteiger charge is 2.17. The largest absolute Gasteiger partial charge is 0.497 e. The molecule has 0 bridgehead atoms. The topological polar surface area (TPSA) is 35.5 Å². The van der Waals surface area contributed by atoms with Crippen molar-refractivity contribution >= 4 is 5.78 Å². The maximum Gasteiger partial charge on any atom is 0.197 e. The second-order valence-electron chi connectivity index (χ2n) is 4.41. The van der Waals surface area contributed by atoms with Crippen LogP contribution < -0.4 is 9.47 Å². The first kappa shape index (κ1) is 14.1. The number of ether oxygens (including phenoxy) is 2. The Morgan fingerprint density at radius 1 is 1.00 bits per heavy atom. The number of carbonyl (C=O) groups excluding carboxylic acids is 1. The van der Waals surface area contributed by atoms with Crippen LogP contribution in [0.4, 0.5) is 0 Å². The van der Waals surface area contributed by atoms with Crippen LogP contribution >= 0.6 is 0 Å². The summed E-state index contributed by atoms with van der Waals surface area (Å²) in [5, 5.41) is 0. The molecule has 0 saturated heterocycles. The van der Waals surface area contributed by atoms with E-state index in [1.54, 1.807) is 32.4 Å². The van der Waals surface area contributed by atoms with Gasteiger partial charge in [-0.25, -0.2) is 0 Å². The van der Waals surface area contributed by atoms with Crippen molar-refractivity contribution in [3.05, 3.63) is 59.2 Å². The minimum Gasteiger partial charge on any atom is -0.497 e. The van der Waals surface area contributed by atoms with E-state index in [0.717, 1.165) is 12.0 Å². The number of ketones is 1. The first-order valence-electron chi connectivity index (χ1n) is 6.55. The first-order chi connectivity index (χ1) is 9.71. The Hall–Kier alpha value is -2.29. The molecule has 0 radical (unpaired) electrons. The average Bonchev–Trinajstić information content (AvgIpc) is 2.53. The zero-order chi connectivity index (χ0) is 14.5. The van der Waals surface area contributed by atoms with Gasteiger partial charge in [0.15, 0.2) is 5.78 Å². The van der Waals surface area contributed by atoms with E-state index < -0.39 is 0 Å². The predicted octanol–water partition coefficient (Wildman–Crippen LogP) is 3.50. The van der Waals surface area contributed by atoms with Crippen molar-refractivity contribution in [2.45, 2.75) is 13.3 Å². The minimum atomic E-state index is -0.0433. The Morgan fingerprint density at radius 2 is 1.75 bits per heavy atom. The summed E-state index contributed by atoms with van der Waals surface area (Å²) < 4.78 is 10.5. The van der Waals surface area contributed by atoms with E-state index in [1.165, 1.54) is 0 Å². The molecule has 2 aromatic rings. The lowest BCUT2D eigenvalue weighted by Crippen LogP contribution is -2.07. The number of methoxy groups -OCH3 is 2. The van der Waals surface area contributed by atoms with Gasteiger partial charge in [-0.15, -0.1) is 0 Å². The van der Waals surface area contributed by atoms with E-state index in [1.807, 2.05) is 31.2 Å². The average molecular weight is 270 g/mol. The Balaban J connectivity index is 2.52. The molecule has 0 aliphatic rings. The first-order valence-corrected chi connectivity index (χ1v) is 6.55. The molecule has 104 valence electrons. The zero-order valence-corrected chi connectivity index (χ0v) is 12.0. The van der Waals surface area contributed by atoms with Gasteiger partial charge in [-0.05, 0) is 30.2 Å². The second-order valence-corrected chi connectivity index (χ2v) is 4.41. The fourth-order valence-corrected chi connectivity index (χ4v) is 2.19. The van der Waals surface area contributed by atoms with Crippen molar-refractivity contribution in [1.82, 2.24) is 0 Å². The summed E-state index contributed by atoms with van der Waals surface area (Å²) in [6, 6.07) is 12.9. The fraction of sp³-hybridized carbons (Fsp3) is 0.235. The number of hydrogen-bond acceptors (Lipinski definition) is 3. The number of rotatable bonds is 5. The summed E-state index contributed by atoms with van der Waals surface area (Å²) in [7, 11) is 3.14. The Labute approximate surface area is 119 Å². The third-order valence-electron chi connectivity index (χ3n) is 3.29. The molecule has 20 heavy (non-hydrogen) atoms. The summed E-state index contributed by atoms with van der Waals surface area (Å²) in [6.45, 7) is 2.04. The van der Waals surface area contributed by atoms with Crippen LogP contribution in [0.1, 0.15) is 28.4 Å². The van der Waals surface area contributed by atoms with E-state index in [-0.39, 0.29) is 5.78 Å². The highest BCUT2D eigenvalue weighted by Crippen LogP contribution is 2.27. The van der Waals surface area contributed by atoms with Gasteiger partial charge in [-0.2, -0.15) is 0 Å². The van der Waals surface area contributed by atoms with Gasteiger partial charge >= 0.3 is 0 Å². The van der Waals surface area contributed by atoms with Gasteiger partial charge in [-0.3, -0.25) is 4.79 Å². The third kappa shape index (κ3) is 2.67. The standard InChI is InChI=1S/C17H18O3/c1-4-12-7-5-6-8-14(12)17(18)15-11-13(19-2)9-10-16(15)20-3/h5-11H,4H2,1-3H3. The molecular weight excluding hydrogens is 252 g/mol. The van der Waals surface area contributed by atoms with Gasteiger partial charge in [0.05, 0.1) is 19.8 Å². The van der Waals surface area contributed by atoms with Crippen LogP contribution in [0.15, 0.2) is 42.5 Å². The van der Waals surface area contributed by atoms with Gasteiger partial charge < -0.3 is 9.47 Å². The molecule has 3 nitrogen and oxygen atoms in total. The van der Waals surface area contributed by atoms with Crippen molar-refractivity contribution < 1.29 is 14.3 Å². The Bertz CT molecular complexity index is 617. The lowest BCUT2D eigenvalue weighted by molar-refractivity contribution is 0.103. The van der Waals surface area contributed by atoms with E-state index >= 15 is 0 Å². The van der Waals surface area contributed by atoms with Crippen molar-refractivity contribution in [3.8, 4) is 11.5 Å². The van der Waals surface area contributed by atoms with Crippen LogP contribution in [0.25, 0.3) is 0 Å². The molecule has 0 N–H and O–H groups in total. The van der Waals surface area contributed by atoms with Crippen LogP contribution in [0, 0.1) is 0 Å². The van der Waals surface area contributed by atoms with Gasteiger partial charge in [-0.1, -0.05) is 31.2 Å². The molecule has 2 rings (SSSR count). The SMILES string of the molecule is CCc1ccccc1C(=O)c1cc(OC)ccc1OC. The summed E-state index contributed by atoms with van der Waals surface area (Å²) in [4.78, 5) is 12.7. The normalized spacial score (nSPS) is 10.2. The molecule has 0 fully saturated rings. The lowest BCUT2D eigenvalue weighted by Gasteiger charge is -2.11. The van der Waals surface area contributed by atoms with E-state index in [4.69, 9.17) is 9.47 Å². The smallest absolute Gasteiger partial charge is 0.197 e. The highest BCUT2D eigenvalue weighted by atomic mass is 16.5. The quantitative estimate of drug-likeness (QED) is 0.780. The maximum absolute atomic E-state index is 12.7. The van der Waals surface area contributed by atoms with Crippen LogP contribution in [0.3, 0.4) is 0 Å². The molecule has 0 atom stereocenters. The monoisotopic (exact) mass is 270 g/mol. The minimum absolute atomic E-state index is 0.0433. The zero-order valence-electron chi connectivity index (χ0n) is 12.0. The van der Waals surface area contributed by atoms with Crippen molar-refractivity contribution in [3.63, 3.8) is 0 Å². The molecule has 0 heterocycles. The molecule has 0 aliphatic heterocycles. The molecule has 0 spiro atoms. The van der Waals surface area contributed by atoms with Crippen molar-refractivity contribution in [1.29, 1.82) is 0 Å².